The smallest absolute Gasteiger partial charge is 0.317 e. The van der Waals surface area contributed by atoms with Crippen LogP contribution < -0.4 is 10.1 Å². The van der Waals surface area contributed by atoms with Crippen LogP contribution in [0.4, 0.5) is 4.79 Å². The molecule has 0 aromatic heterocycles. The van der Waals surface area contributed by atoms with Crippen LogP contribution in [0.1, 0.15) is 36.8 Å². The van der Waals surface area contributed by atoms with Gasteiger partial charge in [0.15, 0.2) is 0 Å². The average Bonchev–Trinajstić information content (AvgIpc) is 3.09. The normalized spacial score (nSPS) is 22.6. The highest BCUT2D eigenvalue weighted by Crippen LogP contribution is 2.27. The third-order valence-corrected chi connectivity index (χ3v) is 5.39. The van der Waals surface area contributed by atoms with Crippen molar-refractivity contribution in [3.05, 3.63) is 29.3 Å². The van der Waals surface area contributed by atoms with E-state index in [9.17, 15) is 9.90 Å². The molecule has 2 N–H and O–H groups in total. The van der Waals surface area contributed by atoms with Crippen molar-refractivity contribution in [2.75, 3.05) is 26.8 Å². The van der Waals surface area contributed by atoms with E-state index in [2.05, 4.69) is 17.4 Å². The van der Waals surface area contributed by atoms with E-state index in [0.29, 0.717) is 18.5 Å². The number of hydrogen-bond donors (Lipinski definition) is 2. The predicted octanol–water partition coefficient (Wildman–Crippen LogP) is 2.36. The highest BCUT2D eigenvalue weighted by molar-refractivity contribution is 5.74. The van der Waals surface area contributed by atoms with Gasteiger partial charge in [0.25, 0.3) is 0 Å². The molecule has 3 rings (SSSR count). The van der Waals surface area contributed by atoms with Crippen LogP contribution in [0.25, 0.3) is 0 Å². The third-order valence-electron chi connectivity index (χ3n) is 5.39. The number of fused-ring (bicyclic) bond motifs is 1. The molecule has 2 amide bonds. The molecule has 0 bridgehead atoms. The number of aliphatic hydroxyl groups is 1. The Morgan fingerprint density at radius 3 is 2.88 bits per heavy atom. The van der Waals surface area contributed by atoms with Crippen molar-refractivity contribution in [3.63, 3.8) is 0 Å². The minimum absolute atomic E-state index is 0.00643. The number of rotatable bonds is 5. The molecule has 2 aliphatic rings. The maximum absolute atomic E-state index is 12.3. The summed E-state index contributed by atoms with van der Waals surface area (Å²) in [7, 11) is 1.88. The predicted molar refractivity (Wildman–Crippen MR) is 93.3 cm³/mol. The molecule has 0 atom stereocenters. The molecule has 132 valence electrons. The average molecular weight is 332 g/mol. The van der Waals surface area contributed by atoms with E-state index in [1.54, 1.807) is 0 Å². The summed E-state index contributed by atoms with van der Waals surface area (Å²) in [4.78, 5) is 14.2. The van der Waals surface area contributed by atoms with E-state index in [4.69, 9.17) is 4.74 Å². The summed E-state index contributed by atoms with van der Waals surface area (Å²) in [6, 6.07) is 6.60. The van der Waals surface area contributed by atoms with Crippen LogP contribution in [0.15, 0.2) is 18.2 Å². The molecule has 24 heavy (non-hydrogen) atoms. The Hall–Kier alpha value is -1.75. The van der Waals surface area contributed by atoms with Crippen molar-refractivity contribution in [1.82, 2.24) is 10.2 Å². The van der Waals surface area contributed by atoms with Crippen molar-refractivity contribution in [2.45, 2.75) is 44.6 Å². The van der Waals surface area contributed by atoms with Crippen LogP contribution in [-0.4, -0.2) is 48.9 Å². The fraction of sp³-hybridized carbons (Fsp3) is 0.632. The Morgan fingerprint density at radius 1 is 1.33 bits per heavy atom. The number of nitrogens with one attached hydrogen (secondary N) is 1. The van der Waals surface area contributed by atoms with E-state index < -0.39 is 0 Å². The molecule has 1 aromatic carbocycles. The molecule has 0 spiro atoms. The minimum atomic E-state index is 0.00643. The van der Waals surface area contributed by atoms with E-state index in [0.717, 1.165) is 50.9 Å². The summed E-state index contributed by atoms with van der Waals surface area (Å²) in [5.74, 6) is 1.42. The van der Waals surface area contributed by atoms with Crippen LogP contribution in [0.5, 0.6) is 5.75 Å². The van der Waals surface area contributed by atoms with Gasteiger partial charge in [0.1, 0.15) is 5.75 Å². The van der Waals surface area contributed by atoms with Crippen molar-refractivity contribution in [3.8, 4) is 5.75 Å². The van der Waals surface area contributed by atoms with Gasteiger partial charge in [-0.1, -0.05) is 12.1 Å². The summed E-state index contributed by atoms with van der Waals surface area (Å²) in [5, 5.41) is 12.2. The summed E-state index contributed by atoms with van der Waals surface area (Å²) in [5.41, 5.74) is 2.52. The highest BCUT2D eigenvalue weighted by atomic mass is 16.5. The Kier molecular flexibility index (Phi) is 5.61. The van der Waals surface area contributed by atoms with Gasteiger partial charge in [-0.2, -0.15) is 0 Å². The Balaban J connectivity index is 1.42. The minimum Gasteiger partial charge on any atom is -0.493 e. The van der Waals surface area contributed by atoms with Crippen LogP contribution in [0.2, 0.25) is 0 Å². The number of nitrogens with zero attached hydrogens (tertiary/aromatic N) is 1. The second kappa shape index (κ2) is 7.88. The highest BCUT2D eigenvalue weighted by Gasteiger charge is 2.26. The summed E-state index contributed by atoms with van der Waals surface area (Å²) in [6.45, 7) is 1.70. The fourth-order valence-electron chi connectivity index (χ4n) is 3.71. The van der Waals surface area contributed by atoms with Gasteiger partial charge in [0.2, 0.25) is 0 Å². The number of ether oxygens (including phenoxy) is 1. The van der Waals surface area contributed by atoms with Gasteiger partial charge in [-0.05, 0) is 55.2 Å². The summed E-state index contributed by atoms with van der Waals surface area (Å²) < 4.78 is 5.52. The molecule has 1 fully saturated rings. The lowest BCUT2D eigenvalue weighted by molar-refractivity contribution is 0.134. The third kappa shape index (κ3) is 4.01. The monoisotopic (exact) mass is 332 g/mol. The number of urea groups is 1. The molecule has 1 aliphatic heterocycles. The van der Waals surface area contributed by atoms with Gasteiger partial charge < -0.3 is 20.1 Å². The molecule has 0 saturated heterocycles. The van der Waals surface area contributed by atoms with E-state index >= 15 is 0 Å². The largest absolute Gasteiger partial charge is 0.493 e. The number of aliphatic hydroxyl groups excluding tert-OH is 1. The van der Waals surface area contributed by atoms with E-state index in [-0.39, 0.29) is 12.6 Å². The van der Waals surface area contributed by atoms with Gasteiger partial charge in [0, 0.05) is 32.7 Å². The second-order valence-corrected chi connectivity index (χ2v) is 6.99. The topological polar surface area (TPSA) is 61.8 Å². The molecule has 5 heteroatoms. The molecule has 0 radical (unpaired) electrons. The molecule has 1 saturated carbocycles. The Bertz CT molecular complexity index is 568. The number of carbonyl (C=O) groups is 1. The SMILES string of the molecule is CN(C(=O)NCCc1ccc2c(c1)CCO2)C1CCC(CO)CC1. The number of hydrogen-bond acceptors (Lipinski definition) is 3. The van der Waals surface area contributed by atoms with Gasteiger partial charge in [-0.25, -0.2) is 4.79 Å². The summed E-state index contributed by atoms with van der Waals surface area (Å²) >= 11 is 0. The standard InChI is InChI=1S/C19H28N2O3/c1-21(17-5-2-15(13-22)3-6-17)19(23)20-10-8-14-4-7-18-16(12-14)9-11-24-18/h4,7,12,15,17,22H,2-3,5-6,8-11,13H2,1H3,(H,20,23). The van der Waals surface area contributed by atoms with Gasteiger partial charge in [0.05, 0.1) is 6.61 Å². The lowest BCUT2D eigenvalue weighted by atomic mass is 9.86. The van der Waals surface area contributed by atoms with Gasteiger partial charge >= 0.3 is 6.03 Å². The Labute approximate surface area is 144 Å². The zero-order valence-corrected chi connectivity index (χ0v) is 14.5. The van der Waals surface area contributed by atoms with Crippen LogP contribution in [0.3, 0.4) is 0 Å². The molecular weight excluding hydrogens is 304 g/mol. The number of benzene rings is 1. The van der Waals surface area contributed by atoms with Crippen molar-refractivity contribution in [1.29, 1.82) is 0 Å². The van der Waals surface area contributed by atoms with Crippen molar-refractivity contribution in [2.24, 2.45) is 5.92 Å². The van der Waals surface area contributed by atoms with Crippen LogP contribution >= 0.6 is 0 Å². The van der Waals surface area contributed by atoms with Crippen molar-refractivity contribution < 1.29 is 14.6 Å². The molecule has 1 heterocycles. The molecule has 1 aromatic rings. The first-order chi connectivity index (χ1) is 11.7. The quantitative estimate of drug-likeness (QED) is 0.870. The van der Waals surface area contributed by atoms with Crippen LogP contribution in [0, 0.1) is 5.92 Å². The molecule has 5 nitrogen and oxygen atoms in total. The molecular formula is C19H28N2O3. The van der Waals surface area contributed by atoms with Crippen molar-refractivity contribution >= 4 is 6.03 Å². The van der Waals surface area contributed by atoms with Gasteiger partial charge in [-0.15, -0.1) is 0 Å². The second-order valence-electron chi connectivity index (χ2n) is 6.99. The number of amides is 2. The maximum atomic E-state index is 12.3. The molecule has 0 unspecified atom stereocenters. The zero-order valence-electron chi connectivity index (χ0n) is 14.5. The van der Waals surface area contributed by atoms with E-state index in [1.165, 1.54) is 11.1 Å². The maximum Gasteiger partial charge on any atom is 0.317 e. The lowest BCUT2D eigenvalue weighted by Crippen LogP contribution is -2.45. The first-order valence-corrected chi connectivity index (χ1v) is 9.03. The van der Waals surface area contributed by atoms with Crippen LogP contribution in [-0.2, 0) is 12.8 Å². The first-order valence-electron chi connectivity index (χ1n) is 9.03. The zero-order chi connectivity index (χ0) is 16.9. The molecule has 1 aliphatic carbocycles. The fourth-order valence-corrected chi connectivity index (χ4v) is 3.71. The van der Waals surface area contributed by atoms with E-state index in [1.807, 2.05) is 18.0 Å². The number of carbonyl (C=O) groups excluding carboxylic acids is 1. The van der Waals surface area contributed by atoms with Gasteiger partial charge in [-0.3, -0.25) is 0 Å². The Morgan fingerprint density at radius 2 is 2.12 bits per heavy atom. The first kappa shape index (κ1) is 17.1. The summed E-state index contributed by atoms with van der Waals surface area (Å²) in [6.07, 6.45) is 5.81. The lowest BCUT2D eigenvalue weighted by Gasteiger charge is -2.34.